The van der Waals surface area contributed by atoms with Crippen molar-refractivity contribution in [2.45, 2.75) is 31.9 Å². The summed E-state index contributed by atoms with van der Waals surface area (Å²) in [6.07, 6.45) is 6.31. The van der Waals surface area contributed by atoms with Gasteiger partial charge in [-0.05, 0) is 38.3 Å². The maximum Gasteiger partial charge on any atom is 0.108 e. The summed E-state index contributed by atoms with van der Waals surface area (Å²) < 4.78 is 15.9. The highest BCUT2D eigenvalue weighted by Crippen LogP contribution is 2.22. The van der Waals surface area contributed by atoms with Crippen LogP contribution in [0.15, 0.2) is 12.4 Å². The quantitative estimate of drug-likeness (QED) is 0.845. The molecule has 1 N–H and O–H groups in total. The first kappa shape index (κ1) is 11.6. The lowest BCUT2D eigenvalue weighted by atomic mass is 9.91. The van der Waals surface area contributed by atoms with E-state index in [0.29, 0.717) is 6.42 Å². The summed E-state index contributed by atoms with van der Waals surface area (Å²) in [5.74, 6) is 1.23. The molecule has 16 heavy (non-hydrogen) atoms. The molecule has 0 amide bonds. The summed E-state index contributed by atoms with van der Waals surface area (Å²) in [6, 6.07) is 0. The first-order chi connectivity index (χ1) is 7.77. The Hall–Kier alpha value is -0.900. The van der Waals surface area contributed by atoms with Gasteiger partial charge in [0.25, 0.3) is 0 Å². The summed E-state index contributed by atoms with van der Waals surface area (Å²) in [6.45, 7) is 1.93. The Morgan fingerprint density at radius 3 is 2.94 bits per heavy atom. The van der Waals surface area contributed by atoms with Gasteiger partial charge in [0.1, 0.15) is 12.0 Å². The second-order valence-corrected chi connectivity index (χ2v) is 4.60. The van der Waals surface area contributed by atoms with Crippen LogP contribution in [-0.4, -0.2) is 28.8 Å². The molecule has 90 valence electrons. The number of piperidine rings is 1. The molecule has 0 saturated carbocycles. The number of rotatable bonds is 4. The third-order valence-electron chi connectivity index (χ3n) is 3.46. The van der Waals surface area contributed by atoms with E-state index in [1.165, 1.54) is 0 Å². The van der Waals surface area contributed by atoms with Crippen molar-refractivity contribution in [3.63, 3.8) is 0 Å². The van der Waals surface area contributed by atoms with Gasteiger partial charge < -0.3 is 9.88 Å². The second kappa shape index (κ2) is 5.43. The fourth-order valence-electron chi connectivity index (χ4n) is 2.35. The maximum absolute atomic E-state index is 13.9. The highest BCUT2D eigenvalue weighted by Gasteiger charge is 2.23. The minimum atomic E-state index is -0.668. The van der Waals surface area contributed by atoms with Gasteiger partial charge in [-0.15, -0.1) is 0 Å². The zero-order valence-corrected chi connectivity index (χ0v) is 9.82. The zero-order chi connectivity index (χ0) is 11.4. The van der Waals surface area contributed by atoms with Gasteiger partial charge in [-0.1, -0.05) is 0 Å². The minimum absolute atomic E-state index is 0.251. The Bertz CT molecular complexity index is 318. The molecule has 4 heteroatoms. The molecule has 3 nitrogen and oxygen atoms in total. The molecule has 1 fully saturated rings. The number of aryl methyl sites for hydroxylation is 2. The SMILES string of the molecule is Cn1ccnc1CCC(F)C1CCNCC1. The molecule has 0 aliphatic carbocycles. The minimum Gasteiger partial charge on any atom is -0.338 e. The van der Waals surface area contributed by atoms with Crippen molar-refractivity contribution in [2.75, 3.05) is 13.1 Å². The Labute approximate surface area is 96.1 Å². The van der Waals surface area contributed by atoms with Crippen molar-refractivity contribution in [3.05, 3.63) is 18.2 Å². The number of halogens is 1. The van der Waals surface area contributed by atoms with E-state index >= 15 is 0 Å². The van der Waals surface area contributed by atoms with E-state index in [1.54, 1.807) is 6.20 Å². The average Bonchev–Trinajstić information content (AvgIpc) is 2.73. The van der Waals surface area contributed by atoms with Crippen LogP contribution in [0.25, 0.3) is 0 Å². The fourth-order valence-corrected chi connectivity index (χ4v) is 2.35. The van der Waals surface area contributed by atoms with Gasteiger partial charge in [-0.2, -0.15) is 0 Å². The van der Waals surface area contributed by atoms with E-state index < -0.39 is 6.17 Å². The summed E-state index contributed by atoms with van der Waals surface area (Å²) in [4.78, 5) is 4.22. The predicted molar refractivity (Wildman–Crippen MR) is 62.0 cm³/mol. The van der Waals surface area contributed by atoms with E-state index in [4.69, 9.17) is 0 Å². The largest absolute Gasteiger partial charge is 0.338 e. The van der Waals surface area contributed by atoms with Crippen molar-refractivity contribution in [3.8, 4) is 0 Å². The van der Waals surface area contributed by atoms with Gasteiger partial charge in [-0.3, -0.25) is 0 Å². The second-order valence-electron chi connectivity index (χ2n) is 4.60. The van der Waals surface area contributed by atoms with Crippen LogP contribution in [0.3, 0.4) is 0 Å². The normalized spacial score (nSPS) is 19.9. The lowest BCUT2D eigenvalue weighted by Gasteiger charge is -2.25. The number of nitrogens with zero attached hydrogens (tertiary/aromatic N) is 2. The van der Waals surface area contributed by atoms with Crippen LogP contribution in [0, 0.1) is 5.92 Å². The van der Waals surface area contributed by atoms with Crippen LogP contribution in [0.5, 0.6) is 0 Å². The van der Waals surface area contributed by atoms with E-state index in [2.05, 4.69) is 10.3 Å². The Morgan fingerprint density at radius 1 is 1.56 bits per heavy atom. The molecule has 1 aromatic heterocycles. The highest BCUT2D eigenvalue weighted by atomic mass is 19.1. The third kappa shape index (κ3) is 2.82. The predicted octanol–water partition coefficient (Wildman–Crippen LogP) is 1.69. The van der Waals surface area contributed by atoms with Crippen LogP contribution in [0.2, 0.25) is 0 Å². The zero-order valence-electron chi connectivity index (χ0n) is 9.82. The Balaban J connectivity index is 1.78. The summed E-state index contributed by atoms with van der Waals surface area (Å²) in [5.41, 5.74) is 0. The van der Waals surface area contributed by atoms with Gasteiger partial charge in [0.15, 0.2) is 0 Å². The van der Waals surface area contributed by atoms with Crippen LogP contribution in [0.4, 0.5) is 4.39 Å². The molecular weight excluding hydrogens is 205 g/mol. The summed E-state index contributed by atoms with van der Waals surface area (Å²) in [5, 5.41) is 3.27. The summed E-state index contributed by atoms with van der Waals surface area (Å²) >= 11 is 0. The Morgan fingerprint density at radius 2 is 2.31 bits per heavy atom. The Kier molecular flexibility index (Phi) is 3.93. The van der Waals surface area contributed by atoms with E-state index in [9.17, 15) is 4.39 Å². The molecule has 0 bridgehead atoms. The topological polar surface area (TPSA) is 29.9 Å². The number of alkyl halides is 1. The lowest BCUT2D eigenvalue weighted by molar-refractivity contribution is 0.177. The first-order valence-corrected chi connectivity index (χ1v) is 6.08. The van der Waals surface area contributed by atoms with E-state index in [-0.39, 0.29) is 5.92 Å². The van der Waals surface area contributed by atoms with Gasteiger partial charge >= 0.3 is 0 Å². The smallest absolute Gasteiger partial charge is 0.108 e. The molecule has 0 aromatic carbocycles. The molecule has 2 heterocycles. The lowest BCUT2D eigenvalue weighted by Crippen LogP contribution is -2.32. The van der Waals surface area contributed by atoms with Crippen molar-refractivity contribution >= 4 is 0 Å². The van der Waals surface area contributed by atoms with Crippen LogP contribution in [0.1, 0.15) is 25.1 Å². The highest BCUT2D eigenvalue weighted by molar-refractivity contribution is 4.92. The van der Waals surface area contributed by atoms with Crippen LogP contribution < -0.4 is 5.32 Å². The average molecular weight is 225 g/mol. The number of aromatic nitrogens is 2. The molecule has 2 rings (SSSR count). The molecule has 1 aliphatic rings. The molecule has 0 spiro atoms. The molecule has 1 aromatic rings. The maximum atomic E-state index is 13.9. The van der Waals surface area contributed by atoms with Crippen LogP contribution >= 0.6 is 0 Å². The molecule has 1 unspecified atom stereocenters. The standard InChI is InChI=1S/C12H20FN3/c1-16-9-8-15-12(16)3-2-11(13)10-4-6-14-7-5-10/h8-11,14H,2-7H2,1H3. The number of hydrogen-bond donors (Lipinski definition) is 1. The van der Waals surface area contributed by atoms with Crippen molar-refractivity contribution in [1.82, 2.24) is 14.9 Å². The molecule has 1 atom stereocenters. The molecular formula is C12H20FN3. The van der Waals surface area contributed by atoms with Crippen LogP contribution in [-0.2, 0) is 13.5 Å². The van der Waals surface area contributed by atoms with E-state index in [1.807, 2.05) is 17.8 Å². The third-order valence-corrected chi connectivity index (χ3v) is 3.46. The molecule has 1 saturated heterocycles. The summed E-state index contributed by atoms with van der Waals surface area (Å²) in [7, 11) is 1.96. The van der Waals surface area contributed by atoms with Gasteiger partial charge in [0.05, 0.1) is 0 Å². The number of nitrogens with one attached hydrogen (secondary N) is 1. The van der Waals surface area contributed by atoms with Crippen molar-refractivity contribution < 1.29 is 4.39 Å². The molecule has 0 radical (unpaired) electrons. The van der Waals surface area contributed by atoms with E-state index in [0.717, 1.165) is 38.2 Å². The number of hydrogen-bond acceptors (Lipinski definition) is 2. The fraction of sp³-hybridized carbons (Fsp3) is 0.750. The molecule has 1 aliphatic heterocycles. The van der Waals surface area contributed by atoms with Crippen molar-refractivity contribution in [2.24, 2.45) is 13.0 Å². The van der Waals surface area contributed by atoms with Crippen molar-refractivity contribution in [1.29, 1.82) is 0 Å². The van der Waals surface area contributed by atoms with Gasteiger partial charge in [0, 0.05) is 25.9 Å². The van der Waals surface area contributed by atoms with Gasteiger partial charge in [-0.25, -0.2) is 9.37 Å². The first-order valence-electron chi connectivity index (χ1n) is 6.08. The van der Waals surface area contributed by atoms with Gasteiger partial charge in [0.2, 0.25) is 0 Å². The monoisotopic (exact) mass is 225 g/mol. The number of imidazole rings is 1.